The van der Waals surface area contributed by atoms with Crippen molar-refractivity contribution in [1.82, 2.24) is 4.90 Å². The number of amides is 1. The predicted molar refractivity (Wildman–Crippen MR) is 55.2 cm³/mol. The van der Waals surface area contributed by atoms with Gasteiger partial charge in [-0.25, -0.2) is 0 Å². The number of hydrogen-bond acceptors (Lipinski definition) is 1. The number of halogens is 2. The van der Waals surface area contributed by atoms with Gasteiger partial charge in [-0.05, 0) is 25.2 Å². The third kappa shape index (κ3) is 2.59. The standard InChI is InChI=1S/C10H17ClFNO/c1-8(11)9(14)13-5-3-10(2,7-12)4-6-13/h8H,3-7H2,1-2H3. The molecule has 1 saturated heterocycles. The molecule has 0 N–H and O–H groups in total. The summed E-state index contributed by atoms with van der Waals surface area (Å²) in [5.41, 5.74) is -0.230. The molecule has 0 aromatic rings. The van der Waals surface area contributed by atoms with Crippen molar-refractivity contribution in [2.24, 2.45) is 5.41 Å². The van der Waals surface area contributed by atoms with E-state index in [1.165, 1.54) is 0 Å². The van der Waals surface area contributed by atoms with E-state index in [0.717, 1.165) is 12.8 Å². The van der Waals surface area contributed by atoms with Crippen LogP contribution in [0, 0.1) is 5.41 Å². The Morgan fingerprint density at radius 1 is 1.57 bits per heavy atom. The number of alkyl halides is 2. The van der Waals surface area contributed by atoms with Crippen LogP contribution in [0.3, 0.4) is 0 Å². The minimum atomic E-state index is -0.468. The van der Waals surface area contributed by atoms with Gasteiger partial charge in [0.05, 0.1) is 6.67 Å². The fourth-order valence-corrected chi connectivity index (χ4v) is 1.79. The van der Waals surface area contributed by atoms with Gasteiger partial charge in [0, 0.05) is 13.1 Å². The van der Waals surface area contributed by atoms with Gasteiger partial charge in [0.25, 0.3) is 0 Å². The molecular formula is C10H17ClFNO. The van der Waals surface area contributed by atoms with E-state index < -0.39 is 5.38 Å². The zero-order chi connectivity index (χ0) is 10.8. The van der Waals surface area contributed by atoms with Gasteiger partial charge in [-0.1, -0.05) is 6.92 Å². The molecule has 1 heterocycles. The number of piperidine rings is 1. The first-order chi connectivity index (χ1) is 6.48. The van der Waals surface area contributed by atoms with E-state index in [0.29, 0.717) is 13.1 Å². The lowest BCUT2D eigenvalue weighted by atomic mass is 9.82. The highest BCUT2D eigenvalue weighted by atomic mass is 35.5. The predicted octanol–water partition coefficient (Wildman–Crippen LogP) is 2.21. The first-order valence-corrected chi connectivity index (χ1v) is 5.41. The highest BCUT2D eigenvalue weighted by Gasteiger charge is 2.32. The van der Waals surface area contributed by atoms with Crippen LogP contribution in [0.2, 0.25) is 0 Å². The van der Waals surface area contributed by atoms with E-state index in [2.05, 4.69) is 0 Å². The van der Waals surface area contributed by atoms with E-state index in [-0.39, 0.29) is 18.0 Å². The summed E-state index contributed by atoms with van der Waals surface area (Å²) < 4.78 is 12.6. The van der Waals surface area contributed by atoms with Crippen molar-refractivity contribution in [2.75, 3.05) is 19.8 Å². The molecule has 0 saturated carbocycles. The Bertz CT molecular complexity index is 212. The lowest BCUT2D eigenvalue weighted by molar-refractivity contribution is -0.132. The van der Waals surface area contributed by atoms with Crippen molar-refractivity contribution in [1.29, 1.82) is 0 Å². The van der Waals surface area contributed by atoms with Gasteiger partial charge in [-0.2, -0.15) is 0 Å². The van der Waals surface area contributed by atoms with Crippen molar-refractivity contribution in [2.45, 2.75) is 32.1 Å². The molecule has 14 heavy (non-hydrogen) atoms. The highest BCUT2D eigenvalue weighted by molar-refractivity contribution is 6.30. The van der Waals surface area contributed by atoms with Gasteiger partial charge in [0.2, 0.25) is 5.91 Å². The number of hydrogen-bond donors (Lipinski definition) is 0. The Labute approximate surface area is 89.4 Å². The zero-order valence-corrected chi connectivity index (χ0v) is 9.48. The summed E-state index contributed by atoms with van der Waals surface area (Å²) in [4.78, 5) is 13.2. The van der Waals surface area contributed by atoms with Crippen LogP contribution in [0.5, 0.6) is 0 Å². The van der Waals surface area contributed by atoms with Crippen LogP contribution < -0.4 is 0 Å². The van der Waals surface area contributed by atoms with Crippen molar-refractivity contribution in [3.05, 3.63) is 0 Å². The first-order valence-electron chi connectivity index (χ1n) is 4.97. The quantitative estimate of drug-likeness (QED) is 0.655. The maximum absolute atomic E-state index is 12.6. The van der Waals surface area contributed by atoms with E-state index >= 15 is 0 Å². The van der Waals surface area contributed by atoms with Crippen LogP contribution in [-0.4, -0.2) is 35.9 Å². The second kappa shape index (κ2) is 4.47. The number of rotatable bonds is 2. The molecule has 0 aliphatic carbocycles. The van der Waals surface area contributed by atoms with Crippen molar-refractivity contribution in [3.63, 3.8) is 0 Å². The molecule has 0 radical (unpaired) electrons. The fraction of sp³-hybridized carbons (Fsp3) is 0.900. The van der Waals surface area contributed by atoms with Crippen molar-refractivity contribution < 1.29 is 9.18 Å². The molecule has 1 aliphatic heterocycles. The van der Waals surface area contributed by atoms with Gasteiger partial charge in [0.1, 0.15) is 5.38 Å². The summed E-state index contributed by atoms with van der Waals surface area (Å²) >= 11 is 5.70. The fourth-order valence-electron chi connectivity index (χ4n) is 1.65. The zero-order valence-electron chi connectivity index (χ0n) is 8.72. The number of carbonyl (C=O) groups is 1. The van der Waals surface area contributed by atoms with Crippen LogP contribution in [0.25, 0.3) is 0 Å². The molecular weight excluding hydrogens is 205 g/mol. The number of nitrogens with zero attached hydrogens (tertiary/aromatic N) is 1. The van der Waals surface area contributed by atoms with Gasteiger partial charge in [0.15, 0.2) is 0 Å². The summed E-state index contributed by atoms with van der Waals surface area (Å²) in [5.74, 6) is -0.0347. The van der Waals surface area contributed by atoms with Gasteiger partial charge in [-0.15, -0.1) is 11.6 Å². The monoisotopic (exact) mass is 221 g/mol. The molecule has 0 bridgehead atoms. The molecule has 1 rings (SSSR count). The molecule has 82 valence electrons. The van der Waals surface area contributed by atoms with Gasteiger partial charge in [-0.3, -0.25) is 9.18 Å². The Kier molecular flexibility index (Phi) is 3.76. The Balaban J connectivity index is 2.47. The molecule has 4 heteroatoms. The van der Waals surface area contributed by atoms with E-state index in [9.17, 15) is 9.18 Å². The van der Waals surface area contributed by atoms with Crippen LogP contribution in [0.1, 0.15) is 26.7 Å². The van der Waals surface area contributed by atoms with Crippen LogP contribution in [0.15, 0.2) is 0 Å². The van der Waals surface area contributed by atoms with E-state index in [1.54, 1.807) is 11.8 Å². The van der Waals surface area contributed by atoms with Crippen molar-refractivity contribution in [3.8, 4) is 0 Å². The van der Waals surface area contributed by atoms with E-state index in [4.69, 9.17) is 11.6 Å². The number of likely N-dealkylation sites (tertiary alicyclic amines) is 1. The third-order valence-corrected chi connectivity index (χ3v) is 3.13. The molecule has 0 aromatic heterocycles. The second-order valence-electron chi connectivity index (χ2n) is 4.39. The highest BCUT2D eigenvalue weighted by Crippen LogP contribution is 2.31. The Morgan fingerprint density at radius 3 is 2.43 bits per heavy atom. The summed E-state index contributed by atoms with van der Waals surface area (Å²) in [6.45, 7) is 4.57. The molecule has 1 atom stereocenters. The second-order valence-corrected chi connectivity index (χ2v) is 5.04. The molecule has 0 spiro atoms. The van der Waals surface area contributed by atoms with Crippen molar-refractivity contribution >= 4 is 17.5 Å². The smallest absolute Gasteiger partial charge is 0.240 e. The largest absolute Gasteiger partial charge is 0.341 e. The number of carbonyl (C=O) groups excluding carboxylic acids is 1. The average molecular weight is 222 g/mol. The third-order valence-electron chi connectivity index (χ3n) is 2.95. The molecule has 0 aromatic carbocycles. The van der Waals surface area contributed by atoms with Gasteiger partial charge < -0.3 is 4.90 Å². The van der Waals surface area contributed by atoms with Crippen LogP contribution in [0.4, 0.5) is 4.39 Å². The Hall–Kier alpha value is -0.310. The minimum absolute atomic E-state index is 0.0347. The maximum atomic E-state index is 12.6. The maximum Gasteiger partial charge on any atom is 0.240 e. The lowest BCUT2D eigenvalue weighted by Crippen LogP contribution is -2.45. The van der Waals surface area contributed by atoms with Gasteiger partial charge >= 0.3 is 0 Å². The minimum Gasteiger partial charge on any atom is -0.341 e. The first kappa shape index (κ1) is 11.8. The summed E-state index contributed by atoms with van der Waals surface area (Å²) in [6.07, 6.45) is 1.47. The van der Waals surface area contributed by atoms with Crippen LogP contribution in [-0.2, 0) is 4.79 Å². The molecule has 1 aliphatic rings. The van der Waals surface area contributed by atoms with E-state index in [1.807, 2.05) is 6.92 Å². The summed E-state index contributed by atoms with van der Waals surface area (Å²) in [5, 5.41) is -0.468. The lowest BCUT2D eigenvalue weighted by Gasteiger charge is -2.38. The topological polar surface area (TPSA) is 20.3 Å². The summed E-state index contributed by atoms with van der Waals surface area (Å²) in [6, 6.07) is 0. The molecule has 1 fully saturated rings. The molecule has 2 nitrogen and oxygen atoms in total. The normalized spacial score (nSPS) is 23.3. The SMILES string of the molecule is CC(Cl)C(=O)N1CCC(C)(CF)CC1. The van der Waals surface area contributed by atoms with Crippen LogP contribution >= 0.6 is 11.6 Å². The Morgan fingerprint density at radius 2 is 2.07 bits per heavy atom. The molecule has 1 unspecified atom stereocenters. The average Bonchev–Trinajstić information content (AvgIpc) is 2.18. The summed E-state index contributed by atoms with van der Waals surface area (Å²) in [7, 11) is 0. The molecule has 1 amide bonds.